The molecule has 3 rings (SSSR count). The minimum absolute atomic E-state index is 0.0211. The maximum atomic E-state index is 16.8. The van der Waals surface area contributed by atoms with Gasteiger partial charge >= 0.3 is 11.9 Å². The highest BCUT2D eigenvalue weighted by molar-refractivity contribution is 6.07. The number of esters is 2. The van der Waals surface area contributed by atoms with Gasteiger partial charge in [-0.15, -0.1) is 0 Å². The molecule has 0 amide bonds. The zero-order chi connectivity index (χ0) is 30.2. The van der Waals surface area contributed by atoms with Gasteiger partial charge in [-0.3, -0.25) is 19.7 Å². The fourth-order valence-corrected chi connectivity index (χ4v) is 4.67. The first-order valence-electron chi connectivity index (χ1n) is 13.0. The number of ether oxygens (including phenoxy) is 2. The SMILES string of the molecule is CCOC(=O)C(CC(C)(F)F)(C(=O)OCC)c1ccc([N+](=O)[O-])c(N(Cc2ccccc2)Cc2ccccc2)c1F. The lowest BCUT2D eigenvalue weighted by Crippen LogP contribution is -2.50. The second-order valence-electron chi connectivity index (χ2n) is 9.47. The summed E-state index contributed by atoms with van der Waals surface area (Å²) in [5, 5.41) is 12.2. The molecule has 8 nitrogen and oxygen atoms in total. The molecule has 0 aliphatic carbocycles. The average molecular weight is 573 g/mol. The molecule has 0 bridgehead atoms. The molecule has 0 aliphatic heterocycles. The Morgan fingerprint density at radius 2 is 1.32 bits per heavy atom. The van der Waals surface area contributed by atoms with Crippen molar-refractivity contribution in [2.24, 2.45) is 0 Å². The Labute approximate surface area is 235 Å². The number of hydrogen-bond acceptors (Lipinski definition) is 7. The van der Waals surface area contributed by atoms with Gasteiger partial charge in [-0.2, -0.15) is 0 Å². The van der Waals surface area contributed by atoms with Crippen LogP contribution < -0.4 is 4.90 Å². The first-order chi connectivity index (χ1) is 19.4. The van der Waals surface area contributed by atoms with E-state index in [2.05, 4.69) is 0 Å². The molecule has 0 N–H and O–H groups in total. The van der Waals surface area contributed by atoms with Crippen LogP contribution in [0.1, 0.15) is 43.9 Å². The first kappa shape index (κ1) is 31.1. The molecule has 0 fully saturated rings. The molecule has 0 aromatic heterocycles. The average Bonchev–Trinajstić information content (AvgIpc) is 2.92. The summed E-state index contributed by atoms with van der Waals surface area (Å²) in [5.41, 5.74) is -3.65. The predicted octanol–water partition coefficient (Wildman–Crippen LogP) is 6.35. The normalized spacial score (nSPS) is 11.6. The third-order valence-corrected chi connectivity index (χ3v) is 6.32. The van der Waals surface area contributed by atoms with E-state index in [4.69, 9.17) is 9.47 Å². The number of nitro benzene ring substituents is 1. The van der Waals surface area contributed by atoms with Gasteiger partial charge in [-0.25, -0.2) is 13.2 Å². The number of nitro groups is 1. The van der Waals surface area contributed by atoms with E-state index >= 15 is 4.39 Å². The molecule has 11 heteroatoms. The molecule has 0 unspecified atom stereocenters. The Bertz CT molecular complexity index is 1300. The molecule has 0 atom stereocenters. The minimum atomic E-state index is -3.67. The van der Waals surface area contributed by atoms with Gasteiger partial charge in [0.1, 0.15) is 0 Å². The van der Waals surface area contributed by atoms with E-state index in [0.717, 1.165) is 12.1 Å². The van der Waals surface area contributed by atoms with Crippen molar-refractivity contribution in [3.05, 3.63) is 105 Å². The van der Waals surface area contributed by atoms with Gasteiger partial charge < -0.3 is 14.4 Å². The number of carbonyl (C=O) groups excluding carboxylic acids is 2. The van der Waals surface area contributed by atoms with Crippen LogP contribution in [0.4, 0.5) is 24.5 Å². The van der Waals surface area contributed by atoms with Gasteiger partial charge in [-0.05, 0) is 38.0 Å². The third-order valence-electron chi connectivity index (χ3n) is 6.32. The Kier molecular flexibility index (Phi) is 10.1. The molecular weight excluding hydrogens is 541 g/mol. The number of halogens is 3. The summed E-state index contributed by atoms with van der Waals surface area (Å²) >= 11 is 0. The molecule has 3 aromatic carbocycles. The van der Waals surface area contributed by atoms with Crippen LogP contribution in [0, 0.1) is 15.9 Å². The fourth-order valence-electron chi connectivity index (χ4n) is 4.67. The Hall–Kier alpha value is -4.41. The number of alkyl halides is 2. The van der Waals surface area contributed by atoms with E-state index in [-0.39, 0.29) is 26.3 Å². The lowest BCUT2D eigenvalue weighted by atomic mass is 9.75. The maximum Gasteiger partial charge on any atom is 0.328 e. The molecular formula is C30H31F3N2O6. The summed E-state index contributed by atoms with van der Waals surface area (Å²) < 4.78 is 56.1. The molecule has 0 spiro atoms. The van der Waals surface area contributed by atoms with Crippen LogP contribution in [0.3, 0.4) is 0 Å². The van der Waals surface area contributed by atoms with Crippen molar-refractivity contribution < 1.29 is 37.2 Å². The summed E-state index contributed by atoms with van der Waals surface area (Å²) in [4.78, 5) is 39.4. The number of hydrogen-bond donors (Lipinski definition) is 0. The van der Waals surface area contributed by atoms with Crippen LogP contribution in [-0.2, 0) is 37.6 Å². The molecule has 0 saturated carbocycles. The van der Waals surface area contributed by atoms with Gasteiger partial charge in [0.15, 0.2) is 16.9 Å². The van der Waals surface area contributed by atoms with Crippen LogP contribution >= 0.6 is 0 Å². The quantitative estimate of drug-likeness (QED) is 0.102. The second kappa shape index (κ2) is 13.3. The van der Waals surface area contributed by atoms with E-state index in [0.29, 0.717) is 18.1 Å². The summed E-state index contributed by atoms with van der Waals surface area (Å²) in [6, 6.07) is 19.2. The number of carbonyl (C=O) groups is 2. The van der Waals surface area contributed by atoms with E-state index in [1.165, 1.54) is 18.7 Å². The van der Waals surface area contributed by atoms with E-state index in [9.17, 15) is 28.5 Å². The Morgan fingerprint density at radius 1 is 0.854 bits per heavy atom. The Morgan fingerprint density at radius 3 is 1.71 bits per heavy atom. The largest absolute Gasteiger partial charge is 0.465 e. The minimum Gasteiger partial charge on any atom is -0.465 e. The van der Waals surface area contributed by atoms with Crippen molar-refractivity contribution in [1.29, 1.82) is 0 Å². The molecule has 0 saturated heterocycles. The van der Waals surface area contributed by atoms with Gasteiger partial charge in [-0.1, -0.05) is 60.7 Å². The maximum absolute atomic E-state index is 16.8. The zero-order valence-corrected chi connectivity index (χ0v) is 22.9. The first-order valence-corrected chi connectivity index (χ1v) is 13.0. The van der Waals surface area contributed by atoms with Crippen molar-refractivity contribution in [3.8, 4) is 0 Å². The third kappa shape index (κ3) is 7.22. The zero-order valence-electron chi connectivity index (χ0n) is 22.9. The molecule has 0 heterocycles. The topological polar surface area (TPSA) is 99.0 Å². The summed E-state index contributed by atoms with van der Waals surface area (Å²) in [7, 11) is 0. The van der Waals surface area contributed by atoms with Gasteiger partial charge in [0.25, 0.3) is 5.69 Å². The molecule has 218 valence electrons. The Balaban J connectivity index is 2.37. The van der Waals surface area contributed by atoms with Crippen molar-refractivity contribution in [1.82, 2.24) is 0 Å². The number of nitrogens with zero attached hydrogens (tertiary/aromatic N) is 2. The van der Waals surface area contributed by atoms with Gasteiger partial charge in [0.2, 0.25) is 5.92 Å². The molecule has 41 heavy (non-hydrogen) atoms. The van der Waals surface area contributed by atoms with E-state index in [1.807, 2.05) is 0 Å². The summed E-state index contributed by atoms with van der Waals surface area (Å²) in [5.74, 6) is -7.94. The number of anilines is 1. The van der Waals surface area contributed by atoms with Crippen LogP contribution in [0.5, 0.6) is 0 Å². The highest BCUT2D eigenvalue weighted by Crippen LogP contribution is 2.44. The van der Waals surface area contributed by atoms with Crippen LogP contribution in [0.15, 0.2) is 72.8 Å². The van der Waals surface area contributed by atoms with Crippen molar-refractivity contribution in [2.75, 3.05) is 18.1 Å². The van der Waals surface area contributed by atoms with E-state index in [1.54, 1.807) is 60.7 Å². The molecule has 0 radical (unpaired) electrons. The summed E-state index contributed by atoms with van der Waals surface area (Å²) in [6.45, 7) is 2.63. The van der Waals surface area contributed by atoms with E-state index < -0.39 is 57.4 Å². The smallest absolute Gasteiger partial charge is 0.328 e. The number of benzene rings is 3. The highest BCUT2D eigenvalue weighted by Gasteiger charge is 2.57. The lowest BCUT2D eigenvalue weighted by Gasteiger charge is -2.33. The van der Waals surface area contributed by atoms with Crippen LogP contribution in [0.2, 0.25) is 0 Å². The van der Waals surface area contributed by atoms with Crippen molar-refractivity contribution in [2.45, 2.75) is 51.6 Å². The standard InChI is InChI=1S/C30H31F3N2O6/c1-4-40-27(36)30(20-29(3,32)33,28(37)41-5-2)23-16-17-24(35(38)39)26(25(23)31)34(18-21-12-8-6-9-13-21)19-22-14-10-7-11-15-22/h6-17H,4-5,18-20H2,1-3H3. The number of rotatable bonds is 13. The van der Waals surface area contributed by atoms with Gasteiger partial charge in [0.05, 0.1) is 18.1 Å². The van der Waals surface area contributed by atoms with Gasteiger partial charge in [0, 0.05) is 31.1 Å². The molecule has 0 aliphatic rings. The molecule has 3 aromatic rings. The predicted molar refractivity (Wildman–Crippen MR) is 146 cm³/mol. The summed E-state index contributed by atoms with van der Waals surface area (Å²) in [6.07, 6.45) is -1.48. The lowest BCUT2D eigenvalue weighted by molar-refractivity contribution is -0.384. The fraction of sp³-hybridized carbons (Fsp3) is 0.333. The van der Waals surface area contributed by atoms with Crippen molar-refractivity contribution >= 4 is 23.3 Å². The highest BCUT2D eigenvalue weighted by atomic mass is 19.3. The monoisotopic (exact) mass is 572 g/mol. The van der Waals surface area contributed by atoms with Crippen LogP contribution in [-0.4, -0.2) is 36.0 Å². The second-order valence-corrected chi connectivity index (χ2v) is 9.47. The van der Waals surface area contributed by atoms with Crippen LogP contribution in [0.25, 0.3) is 0 Å². The van der Waals surface area contributed by atoms with Crippen molar-refractivity contribution in [3.63, 3.8) is 0 Å².